The van der Waals surface area contributed by atoms with Gasteiger partial charge in [0, 0.05) is 5.56 Å². The van der Waals surface area contributed by atoms with Crippen molar-refractivity contribution in [1.82, 2.24) is 4.98 Å². The predicted octanol–water partition coefficient (Wildman–Crippen LogP) is 4.21. The van der Waals surface area contributed by atoms with Crippen LogP contribution in [0.25, 0.3) is 11.3 Å². The van der Waals surface area contributed by atoms with E-state index >= 15 is 0 Å². The van der Waals surface area contributed by atoms with Crippen molar-refractivity contribution >= 4 is 17.6 Å². The largest absolute Gasteiger partial charge is 0.465 e. The van der Waals surface area contributed by atoms with Crippen LogP contribution in [0.3, 0.4) is 0 Å². The first kappa shape index (κ1) is 15.3. The molecule has 0 unspecified atom stereocenters. The van der Waals surface area contributed by atoms with Crippen LogP contribution in [-0.2, 0) is 10.9 Å². The molecule has 0 aliphatic heterocycles. The fraction of sp³-hybridized carbons (Fsp3) is 0.143. The molecule has 0 N–H and O–H groups in total. The molecule has 0 atom stereocenters. The highest BCUT2D eigenvalue weighted by atomic mass is 35.5. The summed E-state index contributed by atoms with van der Waals surface area (Å²) in [6.45, 7) is 0. The number of carbonyl (C=O) groups is 1. The van der Waals surface area contributed by atoms with Crippen LogP contribution in [0.4, 0.5) is 13.2 Å². The molecule has 0 bridgehead atoms. The normalized spacial score (nSPS) is 11.3. The SMILES string of the molecule is COC(=O)c1cccc(-c2cc(C(F)(F)F)cc(Cl)n2)c1. The number of carbonyl (C=O) groups excluding carboxylic acids is 1. The lowest BCUT2D eigenvalue weighted by atomic mass is 10.1. The zero-order valence-corrected chi connectivity index (χ0v) is 11.5. The van der Waals surface area contributed by atoms with Gasteiger partial charge in [-0.05, 0) is 24.3 Å². The predicted molar refractivity (Wildman–Crippen MR) is 71.0 cm³/mol. The summed E-state index contributed by atoms with van der Waals surface area (Å²) >= 11 is 5.63. The molecule has 2 rings (SSSR count). The van der Waals surface area contributed by atoms with Gasteiger partial charge in [0.15, 0.2) is 0 Å². The second-order valence-corrected chi connectivity index (χ2v) is 4.52. The molecule has 21 heavy (non-hydrogen) atoms. The summed E-state index contributed by atoms with van der Waals surface area (Å²) in [5.41, 5.74) is -0.321. The molecule has 1 heterocycles. The molecule has 0 radical (unpaired) electrons. The number of hydrogen-bond acceptors (Lipinski definition) is 3. The van der Waals surface area contributed by atoms with E-state index in [2.05, 4.69) is 9.72 Å². The Balaban J connectivity index is 2.52. The number of ether oxygens (including phenoxy) is 1. The number of hydrogen-bond donors (Lipinski definition) is 0. The fourth-order valence-electron chi connectivity index (χ4n) is 1.73. The molecule has 2 aromatic rings. The van der Waals surface area contributed by atoms with Gasteiger partial charge in [-0.2, -0.15) is 13.2 Å². The Morgan fingerprint density at radius 3 is 2.57 bits per heavy atom. The number of methoxy groups -OCH3 is 1. The molecule has 3 nitrogen and oxygen atoms in total. The van der Waals surface area contributed by atoms with Gasteiger partial charge in [0.1, 0.15) is 5.15 Å². The molecule has 0 spiro atoms. The van der Waals surface area contributed by atoms with Crippen LogP contribution in [-0.4, -0.2) is 18.1 Å². The van der Waals surface area contributed by atoms with E-state index in [1.54, 1.807) is 0 Å². The summed E-state index contributed by atoms with van der Waals surface area (Å²) in [7, 11) is 1.22. The topological polar surface area (TPSA) is 39.2 Å². The smallest absolute Gasteiger partial charge is 0.416 e. The highest BCUT2D eigenvalue weighted by molar-refractivity contribution is 6.29. The van der Waals surface area contributed by atoms with E-state index in [1.165, 1.54) is 31.4 Å². The molecule has 110 valence electrons. The van der Waals surface area contributed by atoms with Gasteiger partial charge in [-0.25, -0.2) is 9.78 Å². The molecule has 0 amide bonds. The Labute approximate surface area is 123 Å². The van der Waals surface area contributed by atoms with E-state index in [-0.39, 0.29) is 16.4 Å². The Bertz CT molecular complexity index is 686. The minimum atomic E-state index is -4.53. The first-order valence-corrected chi connectivity index (χ1v) is 6.12. The Kier molecular flexibility index (Phi) is 4.18. The van der Waals surface area contributed by atoms with Gasteiger partial charge in [-0.15, -0.1) is 0 Å². The molecule has 7 heteroatoms. The zero-order valence-electron chi connectivity index (χ0n) is 10.7. The maximum absolute atomic E-state index is 12.8. The average Bonchev–Trinajstić information content (AvgIpc) is 2.45. The summed E-state index contributed by atoms with van der Waals surface area (Å²) in [4.78, 5) is 15.3. The van der Waals surface area contributed by atoms with E-state index in [1.807, 2.05) is 0 Å². The van der Waals surface area contributed by atoms with Crippen LogP contribution in [0.5, 0.6) is 0 Å². The Morgan fingerprint density at radius 2 is 1.95 bits per heavy atom. The van der Waals surface area contributed by atoms with Crippen molar-refractivity contribution in [1.29, 1.82) is 0 Å². The number of halogens is 4. The first-order chi connectivity index (χ1) is 9.81. The number of alkyl halides is 3. The first-order valence-electron chi connectivity index (χ1n) is 5.75. The van der Waals surface area contributed by atoms with Crippen LogP contribution in [0.1, 0.15) is 15.9 Å². The second kappa shape index (κ2) is 5.73. The lowest BCUT2D eigenvalue weighted by Crippen LogP contribution is -2.06. The van der Waals surface area contributed by atoms with Gasteiger partial charge >= 0.3 is 12.1 Å². The van der Waals surface area contributed by atoms with Crippen molar-refractivity contribution in [2.75, 3.05) is 7.11 Å². The fourth-order valence-corrected chi connectivity index (χ4v) is 1.94. The molecule has 0 saturated heterocycles. The lowest BCUT2D eigenvalue weighted by Gasteiger charge is -2.10. The molecule has 0 saturated carbocycles. The summed E-state index contributed by atoms with van der Waals surface area (Å²) in [6.07, 6.45) is -4.53. The van der Waals surface area contributed by atoms with Crippen LogP contribution >= 0.6 is 11.6 Å². The number of benzene rings is 1. The van der Waals surface area contributed by atoms with Gasteiger partial charge in [-0.3, -0.25) is 0 Å². The molecule has 0 fully saturated rings. The number of rotatable bonds is 2. The lowest BCUT2D eigenvalue weighted by molar-refractivity contribution is -0.137. The summed E-state index contributed by atoms with van der Waals surface area (Å²) in [5.74, 6) is -0.588. The summed E-state index contributed by atoms with van der Waals surface area (Å²) < 4.78 is 42.9. The Morgan fingerprint density at radius 1 is 1.24 bits per heavy atom. The molecule has 0 aliphatic rings. The highest BCUT2D eigenvalue weighted by Gasteiger charge is 2.31. The minimum Gasteiger partial charge on any atom is -0.465 e. The minimum absolute atomic E-state index is 0.0283. The maximum Gasteiger partial charge on any atom is 0.416 e. The molecular weight excluding hydrogens is 307 g/mol. The summed E-state index contributed by atoms with van der Waals surface area (Å²) in [5, 5.41) is -0.275. The van der Waals surface area contributed by atoms with Crippen LogP contribution in [0, 0.1) is 0 Å². The number of aromatic nitrogens is 1. The molecule has 1 aromatic heterocycles. The van der Waals surface area contributed by atoms with Gasteiger partial charge in [0.25, 0.3) is 0 Å². The van der Waals surface area contributed by atoms with E-state index in [4.69, 9.17) is 11.6 Å². The second-order valence-electron chi connectivity index (χ2n) is 4.13. The third kappa shape index (κ3) is 3.52. The van der Waals surface area contributed by atoms with Gasteiger partial charge in [0.05, 0.1) is 23.9 Å². The van der Waals surface area contributed by atoms with Crippen molar-refractivity contribution < 1.29 is 22.7 Å². The van der Waals surface area contributed by atoms with Crippen molar-refractivity contribution in [2.45, 2.75) is 6.18 Å². The third-order valence-corrected chi connectivity index (χ3v) is 2.89. The monoisotopic (exact) mass is 315 g/mol. The standard InChI is InChI=1S/C14H9ClF3NO2/c1-21-13(20)9-4-2-3-8(5-9)11-6-10(14(16,17)18)7-12(15)19-11/h2-7H,1H3. The van der Waals surface area contributed by atoms with Crippen molar-refractivity contribution in [3.05, 3.63) is 52.7 Å². The van der Waals surface area contributed by atoms with Crippen LogP contribution in [0.15, 0.2) is 36.4 Å². The van der Waals surface area contributed by atoms with Gasteiger partial charge in [0.2, 0.25) is 0 Å². The third-order valence-electron chi connectivity index (χ3n) is 2.70. The summed E-state index contributed by atoms with van der Waals surface area (Å²) in [6, 6.07) is 7.56. The maximum atomic E-state index is 12.8. The number of esters is 1. The van der Waals surface area contributed by atoms with Crippen molar-refractivity contribution in [3.8, 4) is 11.3 Å². The van der Waals surface area contributed by atoms with Crippen molar-refractivity contribution in [2.24, 2.45) is 0 Å². The van der Waals surface area contributed by atoms with Gasteiger partial charge < -0.3 is 4.74 Å². The highest BCUT2D eigenvalue weighted by Crippen LogP contribution is 2.33. The number of nitrogens with zero attached hydrogens (tertiary/aromatic N) is 1. The van der Waals surface area contributed by atoms with Gasteiger partial charge in [-0.1, -0.05) is 23.7 Å². The van der Waals surface area contributed by atoms with E-state index < -0.39 is 17.7 Å². The number of pyridine rings is 1. The van der Waals surface area contributed by atoms with Crippen molar-refractivity contribution in [3.63, 3.8) is 0 Å². The zero-order chi connectivity index (χ0) is 15.6. The molecule has 0 aliphatic carbocycles. The molecule has 1 aromatic carbocycles. The van der Waals surface area contributed by atoms with E-state index in [0.717, 1.165) is 12.1 Å². The molecular formula is C14H9ClF3NO2. The Hall–Kier alpha value is -2.08. The van der Waals surface area contributed by atoms with Crippen LogP contribution in [0.2, 0.25) is 5.15 Å². The average molecular weight is 316 g/mol. The van der Waals surface area contributed by atoms with E-state index in [9.17, 15) is 18.0 Å². The van der Waals surface area contributed by atoms with E-state index in [0.29, 0.717) is 5.56 Å². The quantitative estimate of drug-likeness (QED) is 0.615. The van der Waals surface area contributed by atoms with Crippen LogP contribution < -0.4 is 0 Å².